The summed E-state index contributed by atoms with van der Waals surface area (Å²) in [6.07, 6.45) is 0. The summed E-state index contributed by atoms with van der Waals surface area (Å²) in [4.78, 5) is 4.59. The number of ether oxygens (including phenoxy) is 3. The zero-order valence-corrected chi connectivity index (χ0v) is 19.3. The fourth-order valence-corrected chi connectivity index (χ4v) is 4.48. The van der Waals surface area contributed by atoms with Crippen molar-refractivity contribution in [2.75, 3.05) is 21.3 Å². The van der Waals surface area contributed by atoms with Crippen molar-refractivity contribution in [3.63, 3.8) is 0 Å². The van der Waals surface area contributed by atoms with Crippen LogP contribution in [0.3, 0.4) is 0 Å². The molecule has 4 rings (SSSR count). The lowest BCUT2D eigenvalue weighted by Gasteiger charge is -2.12. The minimum Gasteiger partial charge on any atom is -0.493 e. The third-order valence-corrected chi connectivity index (χ3v) is 6.59. The van der Waals surface area contributed by atoms with Crippen LogP contribution >= 0.6 is 0 Å². The van der Waals surface area contributed by atoms with Crippen LogP contribution in [0, 0.1) is 6.92 Å². The maximum absolute atomic E-state index is 12.7. The van der Waals surface area contributed by atoms with Gasteiger partial charge in [-0.3, -0.25) is 0 Å². The molecular weight excluding hydrogens is 448 g/mol. The average Bonchev–Trinajstić information content (AvgIpc) is 3.47. The van der Waals surface area contributed by atoms with E-state index in [9.17, 15) is 8.42 Å². The van der Waals surface area contributed by atoms with E-state index in [0.29, 0.717) is 22.8 Å². The largest absolute Gasteiger partial charge is 0.493 e. The Labute approximate surface area is 190 Å². The number of hydrogen-bond donors (Lipinski definition) is 0. The van der Waals surface area contributed by atoms with Gasteiger partial charge in [-0.15, -0.1) is 0 Å². The van der Waals surface area contributed by atoms with Crippen LogP contribution in [0.4, 0.5) is 0 Å². The first-order valence-electron chi connectivity index (χ1n) is 9.87. The highest BCUT2D eigenvalue weighted by Crippen LogP contribution is 2.40. The fraction of sp³-hybridized carbons (Fsp3) is 0.217. The van der Waals surface area contributed by atoms with E-state index in [1.54, 1.807) is 48.5 Å². The number of sulfone groups is 1. The lowest BCUT2D eigenvalue weighted by Crippen LogP contribution is -2.04. The Morgan fingerprint density at radius 3 is 2.18 bits per heavy atom. The number of rotatable bonds is 8. The minimum absolute atomic E-state index is 0.109. The van der Waals surface area contributed by atoms with Gasteiger partial charge in [-0.2, -0.15) is 4.98 Å². The van der Waals surface area contributed by atoms with Crippen LogP contribution < -0.4 is 14.2 Å². The first kappa shape index (κ1) is 22.4. The summed E-state index contributed by atoms with van der Waals surface area (Å²) in [6.45, 7) is 1.89. The maximum atomic E-state index is 12.7. The third kappa shape index (κ3) is 4.56. The van der Waals surface area contributed by atoms with E-state index in [1.165, 1.54) is 21.3 Å². The van der Waals surface area contributed by atoms with Crippen LogP contribution in [0.5, 0.6) is 17.2 Å². The molecule has 2 aromatic heterocycles. The second-order valence-corrected chi connectivity index (χ2v) is 9.16. The number of aryl methyl sites for hydroxylation is 1. The van der Waals surface area contributed by atoms with Gasteiger partial charge in [0.05, 0.1) is 26.2 Å². The highest BCUT2D eigenvalue weighted by atomic mass is 32.2. The van der Waals surface area contributed by atoms with Crippen LogP contribution in [0.15, 0.2) is 62.4 Å². The average molecular weight is 471 g/mol. The zero-order chi connectivity index (χ0) is 23.6. The van der Waals surface area contributed by atoms with Crippen LogP contribution in [-0.2, 0) is 15.6 Å². The zero-order valence-electron chi connectivity index (χ0n) is 18.5. The Morgan fingerprint density at radius 1 is 0.909 bits per heavy atom. The van der Waals surface area contributed by atoms with E-state index >= 15 is 0 Å². The summed E-state index contributed by atoms with van der Waals surface area (Å²) in [5.74, 6) is 1.95. The van der Waals surface area contributed by atoms with Crippen molar-refractivity contribution in [2.24, 2.45) is 0 Å². The number of hydrogen-bond acceptors (Lipinski definition) is 9. The van der Waals surface area contributed by atoms with Crippen molar-refractivity contribution in [2.45, 2.75) is 17.6 Å². The molecule has 0 N–H and O–H groups in total. The molecule has 4 aromatic rings. The normalized spacial score (nSPS) is 11.4. The molecule has 0 spiro atoms. The van der Waals surface area contributed by atoms with Gasteiger partial charge < -0.3 is 23.2 Å². The minimum atomic E-state index is -3.56. The lowest BCUT2D eigenvalue weighted by atomic mass is 10.1. The molecule has 172 valence electrons. The molecule has 9 nitrogen and oxygen atoms in total. The van der Waals surface area contributed by atoms with E-state index < -0.39 is 9.84 Å². The smallest absolute Gasteiger partial charge is 0.293 e. The van der Waals surface area contributed by atoms with Crippen molar-refractivity contribution in [1.82, 2.24) is 10.1 Å². The number of aromatic nitrogens is 2. The van der Waals surface area contributed by atoms with Gasteiger partial charge in [0.2, 0.25) is 11.6 Å². The molecule has 0 aliphatic heterocycles. The fourth-order valence-electron chi connectivity index (χ4n) is 3.24. The van der Waals surface area contributed by atoms with Crippen molar-refractivity contribution in [1.29, 1.82) is 0 Å². The maximum Gasteiger partial charge on any atom is 0.293 e. The Kier molecular flexibility index (Phi) is 6.10. The number of furan rings is 1. The highest BCUT2D eigenvalue weighted by Gasteiger charge is 2.21. The second kappa shape index (κ2) is 8.99. The quantitative estimate of drug-likeness (QED) is 0.372. The van der Waals surface area contributed by atoms with Gasteiger partial charge in [-0.1, -0.05) is 22.9 Å². The van der Waals surface area contributed by atoms with E-state index in [2.05, 4.69) is 10.1 Å². The SMILES string of the molecule is COc1cc(-c2noc(-c3ccc(CS(=O)(=O)c4ccc(C)cc4)o3)n2)cc(OC)c1OC. The van der Waals surface area contributed by atoms with E-state index in [-0.39, 0.29) is 33.9 Å². The van der Waals surface area contributed by atoms with Gasteiger partial charge >= 0.3 is 0 Å². The van der Waals surface area contributed by atoms with Gasteiger partial charge in [-0.25, -0.2) is 8.42 Å². The highest BCUT2D eigenvalue weighted by molar-refractivity contribution is 7.90. The molecule has 0 aliphatic rings. The Bertz CT molecular complexity index is 1350. The monoisotopic (exact) mass is 470 g/mol. The molecule has 0 radical (unpaired) electrons. The number of nitrogens with zero attached hydrogens (tertiary/aromatic N) is 2. The van der Waals surface area contributed by atoms with Gasteiger partial charge in [0, 0.05) is 5.56 Å². The van der Waals surface area contributed by atoms with Crippen molar-refractivity contribution < 1.29 is 31.6 Å². The van der Waals surface area contributed by atoms with Crippen molar-refractivity contribution in [3.8, 4) is 40.3 Å². The molecule has 10 heteroatoms. The number of benzene rings is 2. The molecular formula is C23H22N2O7S. The topological polar surface area (TPSA) is 114 Å². The molecule has 0 saturated carbocycles. The Balaban J connectivity index is 1.59. The van der Waals surface area contributed by atoms with Crippen molar-refractivity contribution in [3.05, 3.63) is 59.9 Å². The van der Waals surface area contributed by atoms with E-state index in [1.807, 2.05) is 6.92 Å². The molecule has 0 aliphatic carbocycles. The summed E-state index contributed by atoms with van der Waals surface area (Å²) in [7, 11) is 0.978. The summed E-state index contributed by atoms with van der Waals surface area (Å²) >= 11 is 0. The van der Waals surface area contributed by atoms with Crippen molar-refractivity contribution >= 4 is 9.84 Å². The van der Waals surface area contributed by atoms with Crippen LogP contribution in [0.25, 0.3) is 23.0 Å². The summed E-state index contributed by atoms with van der Waals surface area (Å²) in [5, 5.41) is 3.99. The molecule has 0 fully saturated rings. The van der Waals surface area contributed by atoms with E-state index in [0.717, 1.165) is 5.56 Å². The first-order chi connectivity index (χ1) is 15.8. The third-order valence-electron chi connectivity index (χ3n) is 4.93. The standard InChI is InChI=1S/C23H22N2O7S/c1-14-5-8-17(9-6-14)33(26,27)13-16-7-10-18(31-16)23-24-22(25-32-23)15-11-19(28-2)21(30-4)20(12-15)29-3/h5-12H,13H2,1-4H3. The predicted molar refractivity (Wildman–Crippen MR) is 119 cm³/mol. The molecule has 0 saturated heterocycles. The van der Waals surface area contributed by atoms with Crippen LogP contribution in [0.2, 0.25) is 0 Å². The second-order valence-electron chi connectivity index (χ2n) is 7.18. The van der Waals surface area contributed by atoms with Gasteiger partial charge in [0.1, 0.15) is 11.5 Å². The van der Waals surface area contributed by atoms with Crippen LogP contribution in [0.1, 0.15) is 11.3 Å². The molecule has 0 bridgehead atoms. The van der Waals surface area contributed by atoms with E-state index in [4.69, 9.17) is 23.2 Å². The van der Waals surface area contributed by atoms with Gasteiger partial charge in [-0.05, 0) is 43.3 Å². The van der Waals surface area contributed by atoms with Gasteiger partial charge in [0.15, 0.2) is 27.1 Å². The molecule has 2 heterocycles. The molecule has 2 aromatic carbocycles. The summed E-state index contributed by atoms with van der Waals surface area (Å²) < 4.78 is 52.4. The van der Waals surface area contributed by atoms with Gasteiger partial charge in [0.25, 0.3) is 5.89 Å². The Hall–Kier alpha value is -3.79. The summed E-state index contributed by atoms with van der Waals surface area (Å²) in [5.41, 5.74) is 1.56. The molecule has 33 heavy (non-hydrogen) atoms. The Morgan fingerprint density at radius 2 is 1.58 bits per heavy atom. The molecule has 0 atom stereocenters. The van der Waals surface area contributed by atoms with Crippen LogP contribution in [-0.4, -0.2) is 39.9 Å². The molecule has 0 amide bonds. The number of methoxy groups -OCH3 is 3. The lowest BCUT2D eigenvalue weighted by molar-refractivity contribution is 0.324. The summed E-state index contributed by atoms with van der Waals surface area (Å²) in [6, 6.07) is 13.2. The molecule has 0 unspecified atom stereocenters. The first-order valence-corrected chi connectivity index (χ1v) is 11.5. The predicted octanol–water partition coefficient (Wildman–Crippen LogP) is 4.30.